The number of hydrogen-bond acceptors (Lipinski definition) is 6. The van der Waals surface area contributed by atoms with Crippen LogP contribution >= 0.6 is 22.7 Å². The maximum absolute atomic E-state index is 12.4. The van der Waals surface area contributed by atoms with E-state index in [0.29, 0.717) is 18.2 Å². The molecule has 0 radical (unpaired) electrons. The van der Waals surface area contributed by atoms with Gasteiger partial charge in [0.2, 0.25) is 5.13 Å². The van der Waals surface area contributed by atoms with Gasteiger partial charge in [0, 0.05) is 6.54 Å². The van der Waals surface area contributed by atoms with Crippen LogP contribution in [0.25, 0.3) is 0 Å². The van der Waals surface area contributed by atoms with E-state index in [-0.39, 0.29) is 18.2 Å². The second kappa shape index (κ2) is 6.72. The van der Waals surface area contributed by atoms with Crippen molar-refractivity contribution in [1.29, 1.82) is 0 Å². The van der Waals surface area contributed by atoms with Crippen LogP contribution in [0.3, 0.4) is 0 Å². The van der Waals surface area contributed by atoms with Gasteiger partial charge in [0.1, 0.15) is 11.1 Å². The number of thiophene rings is 1. The summed E-state index contributed by atoms with van der Waals surface area (Å²) < 4.78 is 5.94. The third-order valence-corrected chi connectivity index (χ3v) is 5.13. The first kappa shape index (κ1) is 15.4. The first-order valence-electron chi connectivity index (χ1n) is 7.21. The normalized spacial score (nSPS) is 21.8. The zero-order valence-electron chi connectivity index (χ0n) is 12.5. The lowest BCUT2D eigenvalue weighted by molar-refractivity contribution is -0.0640. The van der Waals surface area contributed by atoms with Crippen molar-refractivity contribution < 1.29 is 9.53 Å². The summed E-state index contributed by atoms with van der Waals surface area (Å²) in [6.07, 6.45) is 0.758. The van der Waals surface area contributed by atoms with Crippen LogP contribution in [0.4, 0.5) is 9.93 Å². The van der Waals surface area contributed by atoms with Crippen LogP contribution in [0.1, 0.15) is 30.5 Å². The largest absolute Gasteiger partial charge is 0.367 e. The molecule has 0 spiro atoms. The molecule has 1 aliphatic heterocycles. The number of urea groups is 1. The van der Waals surface area contributed by atoms with Gasteiger partial charge in [-0.1, -0.05) is 18.3 Å². The molecule has 3 heterocycles. The van der Waals surface area contributed by atoms with Crippen molar-refractivity contribution in [3.63, 3.8) is 0 Å². The molecule has 2 amide bonds. The molecule has 2 atom stereocenters. The minimum Gasteiger partial charge on any atom is -0.367 e. The van der Waals surface area contributed by atoms with Crippen molar-refractivity contribution in [3.8, 4) is 0 Å². The van der Waals surface area contributed by atoms with Crippen molar-refractivity contribution in [2.45, 2.75) is 32.5 Å². The Morgan fingerprint density at radius 1 is 1.50 bits per heavy atom. The number of amides is 2. The summed E-state index contributed by atoms with van der Waals surface area (Å²) in [5, 5.41) is 16.4. The molecule has 0 bridgehead atoms. The van der Waals surface area contributed by atoms with Gasteiger partial charge < -0.3 is 9.64 Å². The number of ether oxygens (including phenoxy) is 1. The minimum absolute atomic E-state index is 0.00465. The average Bonchev–Trinajstić information content (AvgIpc) is 3.18. The highest BCUT2D eigenvalue weighted by molar-refractivity contribution is 7.15. The van der Waals surface area contributed by atoms with Crippen LogP contribution < -0.4 is 5.32 Å². The van der Waals surface area contributed by atoms with Crippen molar-refractivity contribution in [3.05, 3.63) is 27.4 Å². The predicted molar refractivity (Wildman–Crippen MR) is 87.5 cm³/mol. The molecule has 1 fully saturated rings. The van der Waals surface area contributed by atoms with E-state index in [2.05, 4.69) is 20.9 Å². The van der Waals surface area contributed by atoms with E-state index in [4.69, 9.17) is 4.74 Å². The van der Waals surface area contributed by atoms with Gasteiger partial charge in [-0.3, -0.25) is 5.32 Å². The highest BCUT2D eigenvalue weighted by Gasteiger charge is 2.30. The summed E-state index contributed by atoms with van der Waals surface area (Å²) in [4.78, 5) is 14.2. The van der Waals surface area contributed by atoms with E-state index < -0.39 is 0 Å². The first-order valence-corrected chi connectivity index (χ1v) is 8.97. The molecule has 2 aromatic heterocycles. The quantitative estimate of drug-likeness (QED) is 0.933. The number of aryl methyl sites for hydroxylation is 1. The molecular weight excluding hydrogens is 320 g/mol. The second-order valence-corrected chi connectivity index (χ2v) is 7.02. The molecule has 6 nitrogen and oxygen atoms in total. The Kier molecular flexibility index (Phi) is 4.70. The molecule has 118 valence electrons. The summed E-state index contributed by atoms with van der Waals surface area (Å²) in [6.45, 7) is 5.12. The molecule has 1 N–H and O–H groups in total. The molecule has 0 unspecified atom stereocenters. The molecule has 0 saturated carbocycles. The zero-order valence-corrected chi connectivity index (χ0v) is 14.1. The van der Waals surface area contributed by atoms with Crippen molar-refractivity contribution in [1.82, 2.24) is 15.1 Å². The molecular formula is C14H18N4O2S2. The highest BCUT2D eigenvalue weighted by atomic mass is 32.1. The Morgan fingerprint density at radius 3 is 3.05 bits per heavy atom. The molecule has 22 heavy (non-hydrogen) atoms. The average molecular weight is 338 g/mol. The lowest BCUT2D eigenvalue weighted by Gasteiger charge is -2.36. The van der Waals surface area contributed by atoms with Crippen molar-refractivity contribution >= 4 is 33.8 Å². The fourth-order valence-electron chi connectivity index (χ4n) is 2.38. The van der Waals surface area contributed by atoms with Gasteiger partial charge >= 0.3 is 6.03 Å². The number of anilines is 1. The Morgan fingerprint density at radius 2 is 2.36 bits per heavy atom. The number of rotatable bonds is 3. The fraction of sp³-hybridized carbons (Fsp3) is 0.500. The van der Waals surface area contributed by atoms with E-state index in [1.807, 2.05) is 25.3 Å². The Labute approximate surface area is 137 Å². The Bertz CT molecular complexity index is 629. The highest BCUT2D eigenvalue weighted by Crippen LogP contribution is 2.27. The Hall–Kier alpha value is -1.51. The van der Waals surface area contributed by atoms with Crippen LogP contribution in [-0.4, -0.2) is 40.3 Å². The molecule has 1 saturated heterocycles. The van der Waals surface area contributed by atoms with Gasteiger partial charge in [-0.05, 0) is 35.7 Å². The lowest BCUT2D eigenvalue weighted by atomic mass is 10.1. The van der Waals surface area contributed by atoms with Crippen molar-refractivity contribution in [2.75, 3.05) is 18.4 Å². The van der Waals surface area contributed by atoms with Crippen LogP contribution in [0.5, 0.6) is 0 Å². The topological polar surface area (TPSA) is 67.4 Å². The third kappa shape index (κ3) is 3.45. The smallest absolute Gasteiger partial charge is 0.323 e. The summed E-state index contributed by atoms with van der Waals surface area (Å²) in [5.74, 6) is 0. The zero-order chi connectivity index (χ0) is 15.5. The number of nitrogens with one attached hydrogen (secondary N) is 1. The van der Waals surface area contributed by atoms with E-state index >= 15 is 0 Å². The number of aromatic nitrogens is 2. The van der Waals surface area contributed by atoms with Crippen molar-refractivity contribution in [2.24, 2.45) is 0 Å². The van der Waals surface area contributed by atoms with E-state index in [0.717, 1.165) is 17.0 Å². The minimum atomic E-state index is -0.144. The number of hydrogen-bond donors (Lipinski definition) is 1. The predicted octanol–water partition coefficient (Wildman–Crippen LogP) is 3.16. The number of morpholine rings is 1. The second-order valence-electron chi connectivity index (χ2n) is 5.18. The van der Waals surface area contributed by atoms with Gasteiger partial charge in [0.05, 0.1) is 12.6 Å². The van der Waals surface area contributed by atoms with Crippen LogP contribution in [-0.2, 0) is 11.2 Å². The summed E-state index contributed by atoms with van der Waals surface area (Å²) in [5.41, 5.74) is 1.12. The van der Waals surface area contributed by atoms with Gasteiger partial charge in [0.25, 0.3) is 0 Å². The maximum atomic E-state index is 12.4. The number of carbonyl (C=O) groups is 1. The molecule has 3 rings (SSSR count). The lowest BCUT2D eigenvalue weighted by Crippen LogP contribution is -2.47. The van der Waals surface area contributed by atoms with Gasteiger partial charge in [-0.2, -0.15) is 11.3 Å². The van der Waals surface area contributed by atoms with Crippen LogP contribution in [0, 0.1) is 0 Å². The van der Waals surface area contributed by atoms with E-state index in [1.165, 1.54) is 11.3 Å². The first-order chi connectivity index (χ1) is 10.7. The maximum Gasteiger partial charge on any atom is 0.323 e. The SMILES string of the molecule is CCc1nnc(NC(=O)N2C[C@@H](C)O[C@H](c3ccsc3)C2)s1. The van der Waals surface area contributed by atoms with Crippen LogP contribution in [0.15, 0.2) is 16.8 Å². The molecule has 0 aromatic carbocycles. The standard InChI is InChI=1S/C14H18N4O2S2/c1-3-12-16-17-13(22-12)15-14(19)18-6-9(2)20-11(7-18)10-4-5-21-8-10/h4-5,8-9,11H,3,6-7H2,1-2H3,(H,15,17,19)/t9-,11+/m1/s1. The molecule has 0 aliphatic carbocycles. The summed E-state index contributed by atoms with van der Waals surface area (Å²) in [6, 6.07) is 1.90. The Balaban J connectivity index is 1.66. The fourth-order valence-corrected chi connectivity index (χ4v) is 3.75. The number of carbonyl (C=O) groups excluding carboxylic acids is 1. The third-order valence-electron chi connectivity index (χ3n) is 3.45. The molecule has 1 aliphatic rings. The summed E-state index contributed by atoms with van der Waals surface area (Å²) >= 11 is 3.05. The van der Waals surface area contributed by atoms with Gasteiger partial charge in [-0.15, -0.1) is 10.2 Å². The van der Waals surface area contributed by atoms with Gasteiger partial charge in [0.15, 0.2) is 0 Å². The van der Waals surface area contributed by atoms with Crippen LogP contribution in [0.2, 0.25) is 0 Å². The van der Waals surface area contributed by atoms with E-state index in [9.17, 15) is 4.79 Å². The monoisotopic (exact) mass is 338 g/mol. The van der Waals surface area contributed by atoms with E-state index in [1.54, 1.807) is 16.2 Å². The summed E-state index contributed by atoms with van der Waals surface area (Å²) in [7, 11) is 0. The molecule has 2 aromatic rings. The van der Waals surface area contributed by atoms with Gasteiger partial charge in [-0.25, -0.2) is 4.79 Å². The number of nitrogens with zero attached hydrogens (tertiary/aromatic N) is 3. The molecule has 8 heteroatoms.